The number of hydrogen-bond donors (Lipinski definition) is 1. The van der Waals surface area contributed by atoms with Crippen LogP contribution in [0.1, 0.15) is 19.7 Å². The summed E-state index contributed by atoms with van der Waals surface area (Å²) in [4.78, 5) is 19.7. The Labute approximate surface area is 159 Å². The third kappa shape index (κ3) is 4.39. The first-order valence-corrected chi connectivity index (χ1v) is 10.4. The van der Waals surface area contributed by atoms with Crippen LogP contribution in [-0.2, 0) is 21.8 Å². The van der Waals surface area contributed by atoms with E-state index in [-0.39, 0.29) is 11.4 Å². The zero-order valence-corrected chi connectivity index (χ0v) is 16.6. The first-order valence-electron chi connectivity index (χ1n) is 9.04. The Morgan fingerprint density at radius 2 is 2.04 bits per heavy atom. The summed E-state index contributed by atoms with van der Waals surface area (Å²) < 4.78 is 7.46. The van der Waals surface area contributed by atoms with E-state index in [4.69, 9.17) is 4.74 Å². The molecule has 0 saturated carbocycles. The van der Waals surface area contributed by atoms with Gasteiger partial charge in [-0.15, -0.1) is 0 Å². The van der Waals surface area contributed by atoms with Gasteiger partial charge in [-0.3, -0.25) is 9.69 Å². The van der Waals surface area contributed by atoms with Crippen molar-refractivity contribution in [2.75, 3.05) is 39.1 Å². The number of benzene rings is 1. The normalized spacial score (nSPS) is 16.1. The van der Waals surface area contributed by atoms with Crippen LogP contribution in [-0.4, -0.2) is 65.0 Å². The van der Waals surface area contributed by atoms with E-state index in [1.54, 1.807) is 11.8 Å². The van der Waals surface area contributed by atoms with Crippen molar-refractivity contribution in [3.63, 3.8) is 0 Å². The van der Waals surface area contributed by atoms with E-state index in [2.05, 4.69) is 35.3 Å². The lowest BCUT2D eigenvalue weighted by molar-refractivity contribution is -0.122. The quantitative estimate of drug-likeness (QED) is 0.802. The van der Waals surface area contributed by atoms with Gasteiger partial charge in [0.25, 0.3) is 0 Å². The molecule has 0 atom stereocenters. The van der Waals surface area contributed by atoms with Gasteiger partial charge < -0.3 is 14.6 Å². The number of rotatable bonds is 7. The van der Waals surface area contributed by atoms with E-state index in [9.17, 15) is 4.79 Å². The van der Waals surface area contributed by atoms with Crippen LogP contribution >= 0.6 is 11.8 Å². The van der Waals surface area contributed by atoms with Gasteiger partial charge in [0.15, 0.2) is 0 Å². The van der Waals surface area contributed by atoms with Crippen molar-refractivity contribution >= 4 is 28.7 Å². The number of aromatic nitrogens is 2. The Bertz CT molecular complexity index is 753. The van der Waals surface area contributed by atoms with Gasteiger partial charge in [0.05, 0.1) is 30.0 Å². The van der Waals surface area contributed by atoms with Crippen LogP contribution in [0.15, 0.2) is 24.3 Å². The Morgan fingerprint density at radius 1 is 1.31 bits per heavy atom. The van der Waals surface area contributed by atoms with Crippen molar-refractivity contribution in [2.24, 2.45) is 0 Å². The van der Waals surface area contributed by atoms with Crippen molar-refractivity contribution in [3.8, 4) is 0 Å². The first kappa shape index (κ1) is 19.2. The largest absolute Gasteiger partial charge is 0.379 e. The molecule has 26 heavy (non-hydrogen) atoms. The molecule has 0 bridgehead atoms. The number of nitrogens with one attached hydrogen (secondary N) is 1. The topological polar surface area (TPSA) is 59.4 Å². The van der Waals surface area contributed by atoms with Gasteiger partial charge in [0.1, 0.15) is 12.4 Å². The van der Waals surface area contributed by atoms with E-state index < -0.39 is 0 Å². The number of para-hydroxylation sites is 2. The van der Waals surface area contributed by atoms with Crippen molar-refractivity contribution in [1.29, 1.82) is 0 Å². The molecule has 1 fully saturated rings. The standard InChI is InChI=1S/C19H28N4O2S/c1-19(2,22-8-10-25-11-9-22)14-20-18(24)12-23-16-7-5-4-6-15(16)21-17(23)13-26-3/h4-7H,8-14H2,1-3H3,(H,20,24). The number of morpholine rings is 1. The lowest BCUT2D eigenvalue weighted by Crippen LogP contribution is -2.55. The molecule has 3 rings (SSSR count). The Balaban J connectivity index is 1.66. The molecule has 1 aromatic heterocycles. The van der Waals surface area contributed by atoms with Gasteiger partial charge in [0.2, 0.25) is 5.91 Å². The molecule has 0 radical (unpaired) electrons. The number of carbonyl (C=O) groups is 1. The van der Waals surface area contributed by atoms with E-state index in [1.807, 2.05) is 28.8 Å². The van der Waals surface area contributed by atoms with Crippen molar-refractivity contribution in [3.05, 3.63) is 30.1 Å². The summed E-state index contributed by atoms with van der Waals surface area (Å²) in [6.07, 6.45) is 2.05. The molecule has 0 spiro atoms. The van der Waals surface area contributed by atoms with Gasteiger partial charge in [0, 0.05) is 25.2 Å². The molecule has 1 aliphatic heterocycles. The number of amides is 1. The summed E-state index contributed by atoms with van der Waals surface area (Å²) in [5, 5.41) is 3.12. The highest BCUT2D eigenvalue weighted by molar-refractivity contribution is 7.97. The van der Waals surface area contributed by atoms with Gasteiger partial charge in [-0.2, -0.15) is 11.8 Å². The highest BCUT2D eigenvalue weighted by atomic mass is 32.2. The van der Waals surface area contributed by atoms with E-state index >= 15 is 0 Å². The molecule has 1 amide bonds. The van der Waals surface area contributed by atoms with Crippen LogP contribution in [0.3, 0.4) is 0 Å². The number of thioether (sulfide) groups is 1. The van der Waals surface area contributed by atoms with Crippen LogP contribution < -0.4 is 5.32 Å². The highest BCUT2D eigenvalue weighted by Gasteiger charge is 2.28. The molecule has 2 aromatic rings. The predicted molar refractivity (Wildman–Crippen MR) is 106 cm³/mol. The third-order valence-corrected chi connectivity index (χ3v) is 5.44. The lowest BCUT2D eigenvalue weighted by Gasteiger charge is -2.40. The van der Waals surface area contributed by atoms with Gasteiger partial charge in [-0.1, -0.05) is 12.1 Å². The van der Waals surface area contributed by atoms with Crippen molar-refractivity contribution in [1.82, 2.24) is 19.8 Å². The third-order valence-electron chi connectivity index (χ3n) is 4.89. The number of ether oxygens (including phenoxy) is 1. The number of imidazole rings is 1. The van der Waals surface area contributed by atoms with Crippen LogP contribution in [0.4, 0.5) is 0 Å². The average molecular weight is 377 g/mol. The average Bonchev–Trinajstić information content (AvgIpc) is 2.99. The van der Waals surface area contributed by atoms with Gasteiger partial charge >= 0.3 is 0 Å². The predicted octanol–water partition coefficient (Wildman–Crippen LogP) is 2.13. The summed E-state index contributed by atoms with van der Waals surface area (Å²) in [6, 6.07) is 7.99. The molecule has 1 saturated heterocycles. The molecule has 1 aromatic carbocycles. The Morgan fingerprint density at radius 3 is 2.77 bits per heavy atom. The summed E-state index contributed by atoms with van der Waals surface area (Å²) in [6.45, 7) is 8.60. The summed E-state index contributed by atoms with van der Waals surface area (Å²) >= 11 is 1.71. The fraction of sp³-hybridized carbons (Fsp3) is 0.579. The Hall–Kier alpha value is -1.57. The number of nitrogens with zero attached hydrogens (tertiary/aromatic N) is 3. The van der Waals surface area contributed by atoms with E-state index in [0.29, 0.717) is 13.1 Å². The van der Waals surface area contributed by atoms with Gasteiger partial charge in [-0.05, 0) is 32.2 Å². The second-order valence-electron chi connectivity index (χ2n) is 7.22. The molecule has 0 unspecified atom stereocenters. The van der Waals surface area contributed by atoms with Crippen LogP contribution in [0.5, 0.6) is 0 Å². The number of hydrogen-bond acceptors (Lipinski definition) is 5. The minimum atomic E-state index is -0.0848. The minimum absolute atomic E-state index is 0.0249. The summed E-state index contributed by atoms with van der Waals surface area (Å²) in [5.74, 6) is 1.76. The van der Waals surface area contributed by atoms with Gasteiger partial charge in [-0.25, -0.2) is 4.98 Å². The highest BCUT2D eigenvalue weighted by Crippen LogP contribution is 2.19. The molecule has 1 aliphatic rings. The Kier molecular flexibility index (Phi) is 6.21. The van der Waals surface area contributed by atoms with E-state index in [1.165, 1.54) is 0 Å². The maximum absolute atomic E-state index is 12.6. The smallest absolute Gasteiger partial charge is 0.240 e. The molecule has 142 valence electrons. The molecule has 6 nitrogen and oxygen atoms in total. The van der Waals surface area contributed by atoms with Crippen molar-refractivity contribution in [2.45, 2.75) is 31.7 Å². The zero-order valence-electron chi connectivity index (χ0n) is 15.8. The molecule has 7 heteroatoms. The molecule has 0 aliphatic carbocycles. The number of fused-ring (bicyclic) bond motifs is 1. The summed E-state index contributed by atoms with van der Waals surface area (Å²) in [5.41, 5.74) is 1.87. The first-order chi connectivity index (χ1) is 12.5. The van der Waals surface area contributed by atoms with Crippen LogP contribution in [0, 0.1) is 0 Å². The zero-order chi connectivity index (χ0) is 18.6. The summed E-state index contributed by atoms with van der Waals surface area (Å²) in [7, 11) is 0. The monoisotopic (exact) mass is 376 g/mol. The SMILES string of the molecule is CSCc1nc2ccccc2n1CC(=O)NCC(C)(C)N1CCOCC1. The van der Waals surface area contributed by atoms with Crippen molar-refractivity contribution < 1.29 is 9.53 Å². The van der Waals surface area contributed by atoms with Crippen LogP contribution in [0.2, 0.25) is 0 Å². The number of carbonyl (C=O) groups excluding carboxylic acids is 1. The maximum Gasteiger partial charge on any atom is 0.240 e. The van der Waals surface area contributed by atoms with E-state index in [0.717, 1.165) is 48.9 Å². The lowest BCUT2D eigenvalue weighted by atomic mass is 10.0. The molecule has 1 N–H and O–H groups in total. The second-order valence-corrected chi connectivity index (χ2v) is 8.09. The minimum Gasteiger partial charge on any atom is -0.379 e. The second kappa shape index (κ2) is 8.41. The fourth-order valence-electron chi connectivity index (χ4n) is 3.34. The molecule has 2 heterocycles. The molecular weight excluding hydrogens is 348 g/mol. The van der Waals surface area contributed by atoms with Crippen LogP contribution in [0.25, 0.3) is 11.0 Å². The maximum atomic E-state index is 12.6. The fourth-order valence-corrected chi connectivity index (χ4v) is 3.81. The molecular formula is C19H28N4O2S.